The minimum atomic E-state index is -1.01. The van der Waals surface area contributed by atoms with Crippen LogP contribution in [0.3, 0.4) is 0 Å². The minimum absolute atomic E-state index is 0.284. The summed E-state index contributed by atoms with van der Waals surface area (Å²) in [6, 6.07) is 5.60. The summed E-state index contributed by atoms with van der Waals surface area (Å²) >= 11 is 1.28. The lowest BCUT2D eigenvalue weighted by Crippen LogP contribution is -2.55. The van der Waals surface area contributed by atoms with Crippen molar-refractivity contribution >= 4 is 29.7 Å². The number of carbonyl (C=O) groups is 3. The first-order valence-corrected chi connectivity index (χ1v) is 11.0. The molecule has 1 unspecified atom stereocenters. The molecule has 1 fully saturated rings. The largest absolute Gasteiger partial charge is 0.474 e. The molecule has 9 nitrogen and oxygen atoms in total. The second-order valence-electron chi connectivity index (χ2n) is 7.25. The Morgan fingerprint density at radius 2 is 1.62 bits per heavy atom. The normalized spacial score (nSPS) is 22.5. The van der Waals surface area contributed by atoms with Gasteiger partial charge in [-0.1, -0.05) is 6.07 Å². The Balaban J connectivity index is 1.86. The minimum Gasteiger partial charge on any atom is -0.474 e. The highest BCUT2D eigenvalue weighted by atomic mass is 32.2. The molecule has 0 bridgehead atoms. The molecule has 0 N–H and O–H groups in total. The van der Waals surface area contributed by atoms with E-state index in [9.17, 15) is 14.4 Å². The Morgan fingerprint density at radius 3 is 2.25 bits per heavy atom. The first-order chi connectivity index (χ1) is 15.2. The second kappa shape index (κ2) is 10.4. The van der Waals surface area contributed by atoms with E-state index < -0.39 is 41.7 Å². The summed E-state index contributed by atoms with van der Waals surface area (Å²) in [5.41, 5.74) is 1.80. The molecule has 0 saturated carbocycles. The van der Waals surface area contributed by atoms with Crippen LogP contribution in [0.15, 0.2) is 36.8 Å². The highest BCUT2D eigenvalue weighted by Gasteiger charge is 2.47. The first-order valence-electron chi connectivity index (χ1n) is 9.91. The van der Waals surface area contributed by atoms with Gasteiger partial charge in [-0.05, 0) is 24.6 Å². The number of hydrogen-bond donors (Lipinski definition) is 0. The molecular formula is C22H24N2O7S. The molecule has 0 radical (unpaired) electrons. The van der Waals surface area contributed by atoms with Crippen LogP contribution in [0.25, 0.3) is 11.3 Å². The SMILES string of the molecule is CC(=O)O[C@H]1[C@H](OC(C)=O)CSC(Oc2cncc(-c3ccc(C)cn3)c2)[C@@H]1OC(C)=O. The van der Waals surface area contributed by atoms with E-state index >= 15 is 0 Å². The summed E-state index contributed by atoms with van der Waals surface area (Å²) in [6.45, 7) is 5.68. The van der Waals surface area contributed by atoms with E-state index in [2.05, 4.69) is 9.97 Å². The Bertz CT molecular complexity index is 982. The van der Waals surface area contributed by atoms with Crippen molar-refractivity contribution < 1.29 is 33.3 Å². The summed E-state index contributed by atoms with van der Waals surface area (Å²) in [4.78, 5) is 43.6. The van der Waals surface area contributed by atoms with Gasteiger partial charge in [0.1, 0.15) is 5.75 Å². The predicted octanol–water partition coefficient (Wildman–Crippen LogP) is 2.70. The monoisotopic (exact) mass is 460 g/mol. The zero-order valence-electron chi connectivity index (χ0n) is 18.1. The number of thioether (sulfide) groups is 1. The average Bonchev–Trinajstić information content (AvgIpc) is 2.72. The van der Waals surface area contributed by atoms with Crippen molar-refractivity contribution in [3.63, 3.8) is 0 Å². The van der Waals surface area contributed by atoms with Crippen LogP contribution in [0, 0.1) is 6.92 Å². The topological polar surface area (TPSA) is 114 Å². The second-order valence-corrected chi connectivity index (χ2v) is 8.38. The van der Waals surface area contributed by atoms with E-state index in [4.69, 9.17) is 18.9 Å². The Labute approximate surface area is 189 Å². The molecule has 1 saturated heterocycles. The molecule has 0 aliphatic carbocycles. The van der Waals surface area contributed by atoms with Crippen LogP contribution < -0.4 is 4.74 Å². The third kappa shape index (κ3) is 6.19. The quantitative estimate of drug-likeness (QED) is 0.471. The Morgan fingerprint density at radius 1 is 0.938 bits per heavy atom. The maximum absolute atomic E-state index is 11.8. The fraction of sp³-hybridized carbons (Fsp3) is 0.409. The van der Waals surface area contributed by atoms with Gasteiger partial charge in [0.15, 0.2) is 23.7 Å². The number of carbonyl (C=O) groups excluding carboxylic acids is 3. The molecule has 0 aromatic carbocycles. The smallest absolute Gasteiger partial charge is 0.303 e. The van der Waals surface area contributed by atoms with Crippen molar-refractivity contribution in [2.24, 2.45) is 0 Å². The molecule has 2 aromatic rings. The summed E-state index contributed by atoms with van der Waals surface area (Å²) in [5.74, 6) is -1.00. The molecule has 2 aromatic heterocycles. The maximum atomic E-state index is 11.8. The van der Waals surface area contributed by atoms with E-state index in [0.29, 0.717) is 5.75 Å². The Hall–Kier alpha value is -3.14. The number of ether oxygens (including phenoxy) is 4. The first kappa shape index (κ1) is 23.5. The zero-order valence-corrected chi connectivity index (χ0v) is 19.0. The van der Waals surface area contributed by atoms with Crippen molar-refractivity contribution in [1.29, 1.82) is 0 Å². The highest BCUT2D eigenvalue weighted by molar-refractivity contribution is 7.99. The lowest BCUT2D eigenvalue weighted by molar-refractivity contribution is -0.186. The van der Waals surface area contributed by atoms with E-state index in [1.807, 2.05) is 19.1 Å². The zero-order chi connectivity index (χ0) is 23.3. The van der Waals surface area contributed by atoms with E-state index in [1.54, 1.807) is 18.5 Å². The van der Waals surface area contributed by atoms with Gasteiger partial charge in [-0.2, -0.15) is 0 Å². The van der Waals surface area contributed by atoms with Crippen LogP contribution in [-0.2, 0) is 28.6 Å². The molecule has 4 atom stereocenters. The lowest BCUT2D eigenvalue weighted by Gasteiger charge is -2.39. The van der Waals surface area contributed by atoms with Crippen LogP contribution >= 0.6 is 11.8 Å². The van der Waals surface area contributed by atoms with Gasteiger partial charge in [0.2, 0.25) is 0 Å². The molecule has 1 aliphatic rings. The van der Waals surface area contributed by atoms with Crippen molar-refractivity contribution in [3.05, 3.63) is 42.4 Å². The number of hydrogen-bond acceptors (Lipinski definition) is 10. The molecule has 32 heavy (non-hydrogen) atoms. The third-order valence-electron chi connectivity index (χ3n) is 4.48. The number of pyridine rings is 2. The van der Waals surface area contributed by atoms with Gasteiger partial charge < -0.3 is 18.9 Å². The summed E-state index contributed by atoms with van der Waals surface area (Å²) in [7, 11) is 0. The van der Waals surface area contributed by atoms with Gasteiger partial charge in [0.05, 0.1) is 11.9 Å². The van der Waals surface area contributed by atoms with E-state index in [0.717, 1.165) is 16.8 Å². The molecule has 3 rings (SSSR count). The van der Waals surface area contributed by atoms with Crippen molar-refractivity contribution in [2.75, 3.05) is 5.75 Å². The Kier molecular flexibility index (Phi) is 7.68. The highest BCUT2D eigenvalue weighted by Crippen LogP contribution is 2.34. The van der Waals surface area contributed by atoms with Gasteiger partial charge in [0.25, 0.3) is 0 Å². The van der Waals surface area contributed by atoms with E-state index in [1.165, 1.54) is 38.7 Å². The van der Waals surface area contributed by atoms with Crippen LogP contribution in [0.2, 0.25) is 0 Å². The average molecular weight is 461 g/mol. The molecule has 3 heterocycles. The van der Waals surface area contributed by atoms with Crippen LogP contribution in [-0.4, -0.2) is 57.4 Å². The van der Waals surface area contributed by atoms with Gasteiger partial charge in [0, 0.05) is 44.5 Å². The van der Waals surface area contributed by atoms with Crippen molar-refractivity contribution in [2.45, 2.75) is 51.4 Å². The van der Waals surface area contributed by atoms with Crippen LogP contribution in [0.4, 0.5) is 0 Å². The summed E-state index contributed by atoms with van der Waals surface area (Å²) in [6.07, 6.45) is 2.16. The molecular weight excluding hydrogens is 436 g/mol. The van der Waals surface area contributed by atoms with Gasteiger partial charge >= 0.3 is 17.9 Å². The number of rotatable bonds is 6. The van der Waals surface area contributed by atoms with Crippen molar-refractivity contribution in [1.82, 2.24) is 9.97 Å². The van der Waals surface area contributed by atoms with Crippen LogP contribution in [0.5, 0.6) is 5.75 Å². The molecule has 0 amide bonds. The van der Waals surface area contributed by atoms with Gasteiger partial charge in [-0.25, -0.2) is 0 Å². The van der Waals surface area contributed by atoms with E-state index in [-0.39, 0.29) is 5.75 Å². The fourth-order valence-corrected chi connectivity index (χ4v) is 4.42. The number of esters is 3. The molecule has 170 valence electrons. The van der Waals surface area contributed by atoms with Gasteiger partial charge in [-0.15, -0.1) is 11.8 Å². The maximum Gasteiger partial charge on any atom is 0.303 e. The third-order valence-corrected chi connectivity index (χ3v) is 5.69. The lowest BCUT2D eigenvalue weighted by atomic mass is 10.1. The number of aromatic nitrogens is 2. The molecule has 10 heteroatoms. The van der Waals surface area contributed by atoms with Gasteiger partial charge in [-0.3, -0.25) is 24.4 Å². The predicted molar refractivity (Wildman–Crippen MR) is 116 cm³/mol. The summed E-state index contributed by atoms with van der Waals surface area (Å²) < 4.78 is 22.2. The fourth-order valence-electron chi connectivity index (χ4n) is 3.21. The molecule has 0 spiro atoms. The number of nitrogens with zero attached hydrogens (tertiary/aromatic N) is 2. The standard InChI is InChI=1S/C22H24N2O7S/c1-12-5-6-18(24-8-12)16-7-17(10-23-9-16)31-22-21(30-15(4)27)20(29-14(3)26)19(11-32-22)28-13(2)25/h5-10,19-22H,11H2,1-4H3/t19-,20+,21-,22?/m1/s1. The number of aryl methyl sites for hydroxylation is 1. The van der Waals surface area contributed by atoms with Crippen molar-refractivity contribution in [3.8, 4) is 17.0 Å². The van der Waals surface area contributed by atoms with Crippen LogP contribution in [0.1, 0.15) is 26.3 Å². The molecule has 1 aliphatic heterocycles. The summed E-state index contributed by atoms with van der Waals surface area (Å²) in [5, 5.41) is 0.